The predicted octanol–water partition coefficient (Wildman–Crippen LogP) is 13.8. The second kappa shape index (κ2) is 14.4. The molecule has 0 unspecified atom stereocenters. The maximum Gasteiger partial charge on any atom is 0.149 e. The number of aryl methyl sites for hydroxylation is 3. The van der Waals surface area contributed by atoms with Crippen molar-refractivity contribution in [3.63, 3.8) is 0 Å². The molecule has 0 aliphatic rings. The molecule has 278 valence electrons. The van der Waals surface area contributed by atoms with Crippen molar-refractivity contribution in [2.45, 2.75) is 66.7 Å². The molecule has 0 atom stereocenters. The van der Waals surface area contributed by atoms with E-state index in [2.05, 4.69) is 135 Å². The maximum absolute atomic E-state index is 11.7. The highest BCUT2D eigenvalue weighted by Crippen LogP contribution is 2.42. The summed E-state index contributed by atoms with van der Waals surface area (Å²) in [7, 11) is 0. The van der Waals surface area contributed by atoms with Crippen LogP contribution in [0.3, 0.4) is 0 Å². The van der Waals surface area contributed by atoms with E-state index in [-0.39, 0.29) is 11.2 Å². The van der Waals surface area contributed by atoms with E-state index in [4.69, 9.17) is 11.3 Å². The van der Waals surface area contributed by atoms with Crippen molar-refractivity contribution < 1.29 is 6.48 Å². The van der Waals surface area contributed by atoms with Crippen LogP contribution in [0.5, 0.6) is 5.75 Å². The molecule has 0 fully saturated rings. The van der Waals surface area contributed by atoms with Gasteiger partial charge in [0.2, 0.25) is 0 Å². The largest absolute Gasteiger partial charge is 0.507 e. The van der Waals surface area contributed by atoms with E-state index in [1.54, 1.807) is 0 Å². The smallest absolute Gasteiger partial charge is 0.149 e. The van der Waals surface area contributed by atoms with Crippen molar-refractivity contribution >= 4 is 11.0 Å². The molecule has 56 heavy (non-hydrogen) atoms. The fraction of sp³-hybridized carbons (Fsp3) is 0.192. The minimum absolute atomic E-state index is 0.139. The molecular formula is C52H49N3O. The summed E-state index contributed by atoms with van der Waals surface area (Å²) in [5.74, 6) is -0.0198. The Hall–Kier alpha value is -6.26. The fourth-order valence-corrected chi connectivity index (χ4v) is 7.61. The second-order valence-electron chi connectivity index (χ2n) is 16.4. The molecule has 0 amide bonds. The van der Waals surface area contributed by atoms with Gasteiger partial charge in [0.25, 0.3) is 0 Å². The Labute approximate surface area is 332 Å². The van der Waals surface area contributed by atoms with Gasteiger partial charge in [-0.05, 0) is 131 Å². The molecule has 2 heterocycles. The zero-order chi connectivity index (χ0) is 40.2. The van der Waals surface area contributed by atoms with Gasteiger partial charge in [0, 0.05) is 24.4 Å². The lowest BCUT2D eigenvalue weighted by Gasteiger charge is -2.22. The number of imidazole rings is 1. The van der Waals surface area contributed by atoms with Gasteiger partial charge in [0.05, 0.1) is 22.3 Å². The predicted molar refractivity (Wildman–Crippen MR) is 235 cm³/mol. The number of rotatable bonds is 7. The molecule has 6 aromatic carbocycles. The van der Waals surface area contributed by atoms with Gasteiger partial charge in [-0.3, -0.25) is 9.55 Å². The Bertz CT molecular complexity index is 2780. The summed E-state index contributed by atoms with van der Waals surface area (Å²) < 4.78 is 11.3. The molecular weight excluding hydrogens is 683 g/mol. The van der Waals surface area contributed by atoms with E-state index in [1.165, 1.54) is 11.1 Å². The van der Waals surface area contributed by atoms with Crippen LogP contribution < -0.4 is 0 Å². The van der Waals surface area contributed by atoms with Crippen LogP contribution in [0.4, 0.5) is 0 Å². The summed E-state index contributed by atoms with van der Waals surface area (Å²) in [6, 6.07) is 46.7. The first-order valence-electron chi connectivity index (χ1n) is 19.9. The van der Waals surface area contributed by atoms with Gasteiger partial charge >= 0.3 is 0 Å². The van der Waals surface area contributed by atoms with Gasteiger partial charge in [-0.2, -0.15) is 0 Å². The molecule has 1 N–H and O–H groups in total. The number of hydrogen-bond donors (Lipinski definition) is 1. The Balaban J connectivity index is 1.40. The third-order valence-electron chi connectivity index (χ3n) is 10.8. The molecule has 0 saturated heterocycles. The first kappa shape index (κ1) is 35.4. The molecule has 4 nitrogen and oxygen atoms in total. The summed E-state index contributed by atoms with van der Waals surface area (Å²) >= 11 is 0. The van der Waals surface area contributed by atoms with Gasteiger partial charge in [0.1, 0.15) is 11.6 Å². The van der Waals surface area contributed by atoms with Crippen LogP contribution in [0.2, 0.25) is 0 Å². The highest BCUT2D eigenvalue weighted by molar-refractivity contribution is 5.97. The molecule has 0 radical (unpaired) electrons. The Morgan fingerprint density at radius 2 is 1.36 bits per heavy atom. The highest BCUT2D eigenvalue weighted by atomic mass is 16.3. The summed E-state index contributed by atoms with van der Waals surface area (Å²) in [6.45, 7) is 16.7. The second-order valence-corrected chi connectivity index (χ2v) is 16.4. The van der Waals surface area contributed by atoms with E-state index in [0.717, 1.165) is 78.0 Å². The third-order valence-corrected chi connectivity index (χ3v) is 10.8. The van der Waals surface area contributed by atoms with Crippen molar-refractivity contribution in [3.8, 4) is 67.5 Å². The molecule has 0 aliphatic carbocycles. The van der Waals surface area contributed by atoms with E-state index in [0.29, 0.717) is 11.4 Å². The molecule has 8 rings (SSSR count). The standard InChI is InChI=1S/C52H49N3O/c1-32(2)39-25-40(36-13-10-9-11-14-36)30-44(29-39)55-48-16-12-15-45(49(48)54-51(55)46-24-34(4)23-35(5)50(46)56)41-26-42(28-43(27-41)52(6,7)8)47-31-38(21-22-53-47)37-19-17-33(3)18-20-37/h9-32,56H,1-8H3/i32D. The van der Waals surface area contributed by atoms with Crippen LogP contribution in [0.1, 0.15) is 69.7 Å². The monoisotopic (exact) mass is 732 g/mol. The van der Waals surface area contributed by atoms with Crippen LogP contribution in [-0.2, 0) is 5.41 Å². The number of fused-ring (bicyclic) bond motifs is 1. The number of aromatic hydroxyl groups is 1. The first-order chi connectivity index (χ1) is 27.1. The number of nitrogens with zero attached hydrogens (tertiary/aromatic N) is 3. The average Bonchev–Trinajstić information content (AvgIpc) is 3.59. The fourth-order valence-electron chi connectivity index (χ4n) is 7.61. The normalized spacial score (nSPS) is 12.2. The lowest BCUT2D eigenvalue weighted by atomic mass is 9.83. The maximum atomic E-state index is 11.7. The van der Waals surface area contributed by atoms with Gasteiger partial charge in [-0.15, -0.1) is 0 Å². The molecule has 0 saturated carbocycles. The van der Waals surface area contributed by atoms with Crippen LogP contribution >= 0.6 is 0 Å². The Morgan fingerprint density at radius 1 is 0.625 bits per heavy atom. The molecule has 0 bridgehead atoms. The van der Waals surface area contributed by atoms with E-state index in [9.17, 15) is 5.11 Å². The van der Waals surface area contributed by atoms with Gasteiger partial charge < -0.3 is 5.11 Å². The number of hydrogen-bond acceptors (Lipinski definition) is 3. The van der Waals surface area contributed by atoms with Crippen molar-refractivity contribution in [2.75, 3.05) is 0 Å². The average molecular weight is 733 g/mol. The van der Waals surface area contributed by atoms with Crippen LogP contribution in [-0.4, -0.2) is 19.6 Å². The van der Waals surface area contributed by atoms with Crippen LogP contribution in [0.25, 0.3) is 72.7 Å². The van der Waals surface area contributed by atoms with E-state index >= 15 is 0 Å². The van der Waals surface area contributed by atoms with E-state index < -0.39 is 5.89 Å². The summed E-state index contributed by atoms with van der Waals surface area (Å²) in [6.07, 6.45) is 1.90. The summed E-state index contributed by atoms with van der Waals surface area (Å²) in [4.78, 5) is 10.4. The van der Waals surface area contributed by atoms with Crippen molar-refractivity contribution in [1.82, 2.24) is 14.5 Å². The number of pyridine rings is 1. The number of phenolic OH excluding ortho intramolecular Hbond substituents is 1. The number of para-hydroxylation sites is 1. The summed E-state index contributed by atoms with van der Waals surface area (Å²) in [5.41, 5.74) is 16.6. The third kappa shape index (κ3) is 7.04. The van der Waals surface area contributed by atoms with Gasteiger partial charge in [-0.1, -0.05) is 125 Å². The molecule has 0 spiro atoms. The first-order valence-corrected chi connectivity index (χ1v) is 19.4. The number of benzene rings is 6. The van der Waals surface area contributed by atoms with Crippen LogP contribution in [0.15, 0.2) is 140 Å². The van der Waals surface area contributed by atoms with Crippen molar-refractivity contribution in [2.24, 2.45) is 0 Å². The Morgan fingerprint density at radius 3 is 2.09 bits per heavy atom. The van der Waals surface area contributed by atoms with Gasteiger partial charge in [0.15, 0.2) is 0 Å². The molecule has 8 aromatic rings. The SMILES string of the molecule is [2H]C(C)(C)c1cc(-c2ccccc2)cc(-n2c(-c3cc(C)cc(C)c3O)nc3c(-c4cc(-c5cc(-c6ccc(C)cc6)ccn5)cc(C(C)(C)C)c4)cccc32)c1. The summed E-state index contributed by atoms with van der Waals surface area (Å²) in [5, 5.41) is 11.7. The van der Waals surface area contributed by atoms with Crippen molar-refractivity contribution in [1.29, 1.82) is 0 Å². The minimum atomic E-state index is -0.863. The lowest BCUT2D eigenvalue weighted by molar-refractivity contribution is 0.472. The topological polar surface area (TPSA) is 50.9 Å². The van der Waals surface area contributed by atoms with Gasteiger partial charge in [-0.25, -0.2) is 4.98 Å². The number of phenols is 1. The highest BCUT2D eigenvalue weighted by Gasteiger charge is 2.24. The zero-order valence-corrected chi connectivity index (χ0v) is 33.6. The molecule has 4 heteroatoms. The minimum Gasteiger partial charge on any atom is -0.507 e. The van der Waals surface area contributed by atoms with Crippen LogP contribution in [0, 0.1) is 20.8 Å². The quantitative estimate of drug-likeness (QED) is 0.177. The molecule has 0 aliphatic heterocycles. The van der Waals surface area contributed by atoms with Crippen molar-refractivity contribution in [3.05, 3.63) is 167 Å². The number of aromatic nitrogens is 3. The zero-order valence-electron chi connectivity index (χ0n) is 34.6. The Kier molecular flexibility index (Phi) is 9.13. The van der Waals surface area contributed by atoms with E-state index in [1.807, 2.05) is 64.2 Å². The molecule has 2 aromatic heterocycles. The lowest BCUT2D eigenvalue weighted by Crippen LogP contribution is -2.11.